The monoisotopic (exact) mass is 396 g/mol. The molecular weight excluding hydrogens is 376 g/mol. The standard InChI is InChI=1S/C22H21BrS/c1-4-22(5-2)18-9-7-6-8-16(18)17-11-10-15(12-19(17)22)21-13-20(23)14(3)24-21/h6-13H,4-5H2,1-3H3. The average Bonchev–Trinajstić information content (AvgIpc) is 3.10. The normalized spacial score (nSPS) is 14.5. The summed E-state index contributed by atoms with van der Waals surface area (Å²) in [5.41, 5.74) is 7.35. The van der Waals surface area contributed by atoms with E-state index in [2.05, 4.69) is 85.2 Å². The molecule has 0 fully saturated rings. The van der Waals surface area contributed by atoms with Crippen molar-refractivity contribution < 1.29 is 0 Å². The van der Waals surface area contributed by atoms with Gasteiger partial charge in [0, 0.05) is 19.6 Å². The highest BCUT2D eigenvalue weighted by atomic mass is 79.9. The van der Waals surface area contributed by atoms with Crippen molar-refractivity contribution in [1.82, 2.24) is 0 Å². The Morgan fingerprint density at radius 2 is 1.62 bits per heavy atom. The van der Waals surface area contributed by atoms with Crippen LogP contribution in [0, 0.1) is 6.92 Å². The fourth-order valence-electron chi connectivity index (χ4n) is 4.22. The lowest BCUT2D eigenvalue weighted by Crippen LogP contribution is -2.23. The molecule has 1 aromatic heterocycles. The van der Waals surface area contributed by atoms with Gasteiger partial charge in [-0.2, -0.15) is 0 Å². The van der Waals surface area contributed by atoms with E-state index in [0.717, 1.165) is 12.8 Å². The Labute approximate surface area is 156 Å². The van der Waals surface area contributed by atoms with E-state index in [0.29, 0.717) is 0 Å². The first-order chi connectivity index (χ1) is 11.6. The first-order valence-corrected chi connectivity index (χ1v) is 10.2. The van der Waals surface area contributed by atoms with Crippen LogP contribution in [0.5, 0.6) is 0 Å². The second-order valence-corrected chi connectivity index (χ2v) is 8.72. The van der Waals surface area contributed by atoms with Crippen molar-refractivity contribution >= 4 is 27.3 Å². The van der Waals surface area contributed by atoms with Gasteiger partial charge < -0.3 is 0 Å². The lowest BCUT2D eigenvalue weighted by atomic mass is 9.73. The molecule has 1 aliphatic carbocycles. The molecule has 0 bridgehead atoms. The highest BCUT2D eigenvalue weighted by Crippen LogP contribution is 2.53. The maximum absolute atomic E-state index is 3.66. The number of benzene rings is 2. The van der Waals surface area contributed by atoms with Crippen LogP contribution in [0.2, 0.25) is 0 Å². The molecule has 0 unspecified atom stereocenters. The van der Waals surface area contributed by atoms with E-state index in [1.165, 1.54) is 42.0 Å². The zero-order valence-electron chi connectivity index (χ0n) is 14.3. The number of rotatable bonds is 3. The van der Waals surface area contributed by atoms with Crippen LogP contribution in [0.25, 0.3) is 21.6 Å². The predicted octanol–water partition coefficient (Wildman–Crippen LogP) is 7.57. The van der Waals surface area contributed by atoms with Gasteiger partial charge in [0.2, 0.25) is 0 Å². The number of thiophene rings is 1. The number of hydrogen-bond acceptors (Lipinski definition) is 1. The molecule has 0 N–H and O–H groups in total. The lowest BCUT2D eigenvalue weighted by molar-refractivity contribution is 0.490. The minimum absolute atomic E-state index is 0.158. The Balaban J connectivity index is 1.95. The Morgan fingerprint density at radius 1 is 0.917 bits per heavy atom. The average molecular weight is 397 g/mol. The summed E-state index contributed by atoms with van der Waals surface area (Å²) in [6, 6.07) is 18.3. The summed E-state index contributed by atoms with van der Waals surface area (Å²) in [6.07, 6.45) is 2.29. The van der Waals surface area contributed by atoms with Crippen LogP contribution < -0.4 is 0 Å². The molecule has 122 valence electrons. The molecule has 24 heavy (non-hydrogen) atoms. The summed E-state index contributed by atoms with van der Waals surface area (Å²) >= 11 is 5.52. The third kappa shape index (κ3) is 2.16. The number of fused-ring (bicyclic) bond motifs is 3. The molecule has 0 amide bonds. The summed E-state index contributed by atoms with van der Waals surface area (Å²) in [5, 5.41) is 0. The number of hydrogen-bond donors (Lipinski definition) is 0. The molecule has 1 heterocycles. The van der Waals surface area contributed by atoms with Crippen LogP contribution in [0.15, 0.2) is 53.0 Å². The molecule has 0 atom stereocenters. The minimum atomic E-state index is 0.158. The molecule has 1 aliphatic rings. The van der Waals surface area contributed by atoms with E-state index in [1.807, 2.05) is 11.3 Å². The fraction of sp³-hybridized carbons (Fsp3) is 0.273. The Kier molecular flexibility index (Phi) is 3.93. The summed E-state index contributed by atoms with van der Waals surface area (Å²) in [6.45, 7) is 6.83. The van der Waals surface area contributed by atoms with Gasteiger partial charge in [-0.15, -0.1) is 11.3 Å². The van der Waals surface area contributed by atoms with E-state index >= 15 is 0 Å². The number of aryl methyl sites for hydroxylation is 1. The predicted molar refractivity (Wildman–Crippen MR) is 109 cm³/mol. The highest BCUT2D eigenvalue weighted by Gasteiger charge is 2.40. The molecule has 2 heteroatoms. The van der Waals surface area contributed by atoms with Crippen LogP contribution in [0.3, 0.4) is 0 Å². The van der Waals surface area contributed by atoms with Gasteiger partial charge in [0.05, 0.1) is 0 Å². The first-order valence-electron chi connectivity index (χ1n) is 8.61. The SMILES string of the molecule is CCC1(CC)c2ccccc2-c2ccc(-c3cc(Br)c(C)s3)cc21. The third-order valence-corrected chi connectivity index (χ3v) is 7.80. The summed E-state index contributed by atoms with van der Waals surface area (Å²) in [5.74, 6) is 0. The highest BCUT2D eigenvalue weighted by molar-refractivity contribution is 9.10. The molecule has 4 rings (SSSR count). The molecular formula is C22H21BrS. The third-order valence-electron chi connectivity index (χ3n) is 5.62. The van der Waals surface area contributed by atoms with Crippen LogP contribution in [-0.4, -0.2) is 0 Å². The van der Waals surface area contributed by atoms with Gasteiger partial charge in [-0.3, -0.25) is 0 Å². The van der Waals surface area contributed by atoms with E-state index in [9.17, 15) is 0 Å². The smallest absolute Gasteiger partial charge is 0.0357 e. The van der Waals surface area contributed by atoms with Crippen molar-refractivity contribution in [2.24, 2.45) is 0 Å². The molecule has 0 radical (unpaired) electrons. The Bertz CT molecular complexity index is 896. The van der Waals surface area contributed by atoms with Crippen molar-refractivity contribution in [2.75, 3.05) is 0 Å². The lowest BCUT2D eigenvalue weighted by Gasteiger charge is -2.29. The van der Waals surface area contributed by atoms with Crippen LogP contribution in [0.1, 0.15) is 42.7 Å². The molecule has 0 saturated carbocycles. The molecule has 2 aromatic carbocycles. The summed E-state index contributed by atoms with van der Waals surface area (Å²) in [4.78, 5) is 2.69. The molecule has 0 saturated heterocycles. The van der Waals surface area contributed by atoms with E-state index in [1.54, 1.807) is 0 Å². The fourth-order valence-corrected chi connectivity index (χ4v) is 5.75. The van der Waals surface area contributed by atoms with Crippen molar-refractivity contribution in [2.45, 2.75) is 39.0 Å². The maximum Gasteiger partial charge on any atom is 0.0357 e. The second-order valence-electron chi connectivity index (χ2n) is 6.61. The topological polar surface area (TPSA) is 0 Å². The molecule has 0 spiro atoms. The molecule has 0 aliphatic heterocycles. The van der Waals surface area contributed by atoms with Gasteiger partial charge in [-0.1, -0.05) is 50.2 Å². The molecule has 3 aromatic rings. The van der Waals surface area contributed by atoms with Gasteiger partial charge >= 0.3 is 0 Å². The summed E-state index contributed by atoms with van der Waals surface area (Å²) < 4.78 is 1.21. The summed E-state index contributed by atoms with van der Waals surface area (Å²) in [7, 11) is 0. The second kappa shape index (κ2) is 5.86. The van der Waals surface area contributed by atoms with Gasteiger partial charge in [-0.25, -0.2) is 0 Å². The largest absolute Gasteiger partial charge is 0.139 e. The Morgan fingerprint density at radius 3 is 2.29 bits per heavy atom. The van der Waals surface area contributed by atoms with E-state index in [4.69, 9.17) is 0 Å². The maximum atomic E-state index is 3.66. The van der Waals surface area contributed by atoms with Crippen molar-refractivity contribution in [3.05, 3.63) is 69.0 Å². The van der Waals surface area contributed by atoms with Gasteiger partial charge in [0.25, 0.3) is 0 Å². The van der Waals surface area contributed by atoms with Crippen LogP contribution in [-0.2, 0) is 5.41 Å². The zero-order chi connectivity index (χ0) is 16.9. The van der Waals surface area contributed by atoms with Gasteiger partial charge in [0.1, 0.15) is 0 Å². The number of halogens is 1. The van der Waals surface area contributed by atoms with E-state index in [-0.39, 0.29) is 5.41 Å². The van der Waals surface area contributed by atoms with Crippen molar-refractivity contribution in [3.63, 3.8) is 0 Å². The molecule has 0 nitrogen and oxygen atoms in total. The Hall–Kier alpha value is -1.38. The van der Waals surface area contributed by atoms with Crippen LogP contribution >= 0.6 is 27.3 Å². The first kappa shape index (κ1) is 16.1. The van der Waals surface area contributed by atoms with Crippen molar-refractivity contribution in [3.8, 4) is 21.6 Å². The quantitative estimate of drug-likeness (QED) is 0.427. The van der Waals surface area contributed by atoms with E-state index < -0.39 is 0 Å². The minimum Gasteiger partial charge on any atom is -0.139 e. The van der Waals surface area contributed by atoms with Crippen LogP contribution in [0.4, 0.5) is 0 Å². The van der Waals surface area contributed by atoms with Gasteiger partial charge in [0.15, 0.2) is 0 Å². The zero-order valence-corrected chi connectivity index (χ0v) is 16.7. The van der Waals surface area contributed by atoms with Gasteiger partial charge in [-0.05, 0) is 75.6 Å². The van der Waals surface area contributed by atoms with Crippen molar-refractivity contribution in [1.29, 1.82) is 0 Å².